The first-order valence-electron chi connectivity index (χ1n) is 12.0. The lowest BCUT2D eigenvalue weighted by Crippen LogP contribution is -2.36. The van der Waals surface area contributed by atoms with Crippen LogP contribution in [0.2, 0.25) is 5.02 Å². The summed E-state index contributed by atoms with van der Waals surface area (Å²) in [6.45, 7) is 8.66. The third-order valence-corrected chi connectivity index (χ3v) is 6.79. The molecule has 2 aliphatic rings. The fourth-order valence-corrected chi connectivity index (χ4v) is 5.16. The van der Waals surface area contributed by atoms with Gasteiger partial charge in [0.2, 0.25) is 11.8 Å². The fraction of sp³-hybridized carbons (Fsp3) is 0.560. The van der Waals surface area contributed by atoms with E-state index in [-0.39, 0.29) is 12.1 Å². The zero-order chi connectivity index (χ0) is 23.9. The number of nitrogens with zero attached hydrogens (tertiary/aromatic N) is 4. The van der Waals surface area contributed by atoms with Crippen molar-refractivity contribution in [3.8, 4) is 11.5 Å². The number of fused-ring (bicyclic) bond motifs is 1. The first-order valence-corrected chi connectivity index (χ1v) is 12.4. The molecule has 8 nitrogen and oxygen atoms in total. The van der Waals surface area contributed by atoms with Crippen LogP contribution in [0.3, 0.4) is 0 Å². The highest BCUT2D eigenvalue weighted by molar-refractivity contribution is 6.35. The zero-order valence-electron chi connectivity index (χ0n) is 19.9. The number of amides is 1. The molecule has 2 aromatic heterocycles. The van der Waals surface area contributed by atoms with Crippen LogP contribution >= 0.6 is 11.6 Å². The van der Waals surface area contributed by atoms with E-state index in [0.29, 0.717) is 29.3 Å². The highest BCUT2D eigenvalue weighted by atomic mass is 35.5. The summed E-state index contributed by atoms with van der Waals surface area (Å²) in [5, 5.41) is 10.4. The Morgan fingerprint density at radius 1 is 1.21 bits per heavy atom. The van der Waals surface area contributed by atoms with Crippen LogP contribution in [-0.2, 0) is 16.0 Å². The molecule has 0 bridgehead atoms. The number of benzene rings is 1. The van der Waals surface area contributed by atoms with Crippen LogP contribution in [0.15, 0.2) is 28.8 Å². The average Bonchev–Trinajstić information content (AvgIpc) is 3.52. The van der Waals surface area contributed by atoms with Crippen molar-refractivity contribution in [1.82, 2.24) is 19.7 Å². The maximum absolute atomic E-state index is 12.7. The van der Waals surface area contributed by atoms with Crippen molar-refractivity contribution in [3.63, 3.8) is 0 Å². The van der Waals surface area contributed by atoms with E-state index < -0.39 is 5.60 Å². The van der Waals surface area contributed by atoms with Gasteiger partial charge < -0.3 is 18.5 Å². The summed E-state index contributed by atoms with van der Waals surface area (Å²) in [5.41, 5.74) is 1.27. The van der Waals surface area contributed by atoms with E-state index in [2.05, 4.69) is 21.0 Å². The molecule has 1 atom stereocenters. The van der Waals surface area contributed by atoms with Gasteiger partial charge in [0, 0.05) is 37.9 Å². The zero-order valence-corrected chi connectivity index (χ0v) is 20.7. The fourth-order valence-electron chi connectivity index (χ4n) is 4.88. The van der Waals surface area contributed by atoms with Gasteiger partial charge in [-0.3, -0.25) is 4.90 Å². The van der Waals surface area contributed by atoms with Crippen molar-refractivity contribution in [1.29, 1.82) is 0 Å². The lowest BCUT2D eigenvalue weighted by atomic mass is 10.0. The maximum Gasteiger partial charge on any atom is 0.410 e. The Balaban J connectivity index is 1.44. The average molecular weight is 487 g/mol. The van der Waals surface area contributed by atoms with Crippen LogP contribution in [0, 0.1) is 5.92 Å². The summed E-state index contributed by atoms with van der Waals surface area (Å²) in [6.07, 6.45) is 5.40. The third kappa shape index (κ3) is 4.66. The van der Waals surface area contributed by atoms with Crippen molar-refractivity contribution in [2.24, 2.45) is 5.92 Å². The Morgan fingerprint density at radius 2 is 2.00 bits per heavy atom. The van der Waals surface area contributed by atoms with Crippen LogP contribution in [0.5, 0.6) is 0 Å². The standard InChI is InChI=1S/C25H31ClN4O4/c1-25(2,3)34-24(31)30-11-5-8-20(30)23-28-27-22(33-23)18-15-29(14-16-9-12-32-13-10-16)21-17(18)6-4-7-19(21)26/h4,6-7,15-16,20H,5,8-14H2,1-3H3/t20-/m0/s1. The number of para-hydroxylation sites is 1. The molecule has 0 spiro atoms. The third-order valence-electron chi connectivity index (χ3n) is 6.48. The molecule has 3 aromatic rings. The highest BCUT2D eigenvalue weighted by Gasteiger charge is 2.36. The van der Waals surface area contributed by atoms with E-state index in [1.54, 1.807) is 4.90 Å². The topological polar surface area (TPSA) is 82.6 Å². The predicted molar refractivity (Wildman–Crippen MR) is 129 cm³/mol. The maximum atomic E-state index is 12.7. The second kappa shape index (κ2) is 9.23. The van der Waals surface area contributed by atoms with Crippen LogP contribution in [0.4, 0.5) is 4.79 Å². The van der Waals surface area contributed by atoms with Gasteiger partial charge in [-0.2, -0.15) is 0 Å². The minimum atomic E-state index is -0.560. The second-order valence-electron chi connectivity index (χ2n) is 10.2. The van der Waals surface area contributed by atoms with Crippen LogP contribution in [-0.4, -0.2) is 51.1 Å². The number of carbonyl (C=O) groups excluding carboxylic acids is 1. The molecule has 0 N–H and O–H groups in total. The highest BCUT2D eigenvalue weighted by Crippen LogP contribution is 2.38. The summed E-state index contributed by atoms with van der Waals surface area (Å²) < 4.78 is 19.5. The van der Waals surface area contributed by atoms with E-state index in [9.17, 15) is 4.79 Å². The molecule has 0 saturated carbocycles. The summed E-state index contributed by atoms with van der Waals surface area (Å²) in [4.78, 5) is 14.4. The van der Waals surface area contributed by atoms with Gasteiger partial charge in [-0.15, -0.1) is 10.2 Å². The van der Waals surface area contributed by atoms with Gasteiger partial charge in [-0.25, -0.2) is 4.79 Å². The minimum absolute atomic E-state index is 0.282. The van der Waals surface area contributed by atoms with E-state index in [0.717, 1.165) is 61.9 Å². The molecule has 34 heavy (non-hydrogen) atoms. The minimum Gasteiger partial charge on any atom is -0.444 e. The normalized spacial score (nSPS) is 19.8. The molecular weight excluding hydrogens is 456 g/mol. The van der Waals surface area contributed by atoms with Gasteiger partial charge >= 0.3 is 6.09 Å². The van der Waals surface area contributed by atoms with Gasteiger partial charge in [0.15, 0.2) is 0 Å². The number of rotatable bonds is 4. The van der Waals surface area contributed by atoms with Crippen molar-refractivity contribution in [3.05, 3.63) is 35.3 Å². The molecule has 1 amide bonds. The molecule has 2 fully saturated rings. The van der Waals surface area contributed by atoms with Crippen LogP contribution in [0.25, 0.3) is 22.4 Å². The second-order valence-corrected chi connectivity index (χ2v) is 10.6. The van der Waals surface area contributed by atoms with Gasteiger partial charge in [-0.1, -0.05) is 23.7 Å². The Kier molecular flexibility index (Phi) is 6.29. The monoisotopic (exact) mass is 486 g/mol. The summed E-state index contributed by atoms with van der Waals surface area (Å²) in [6, 6.07) is 5.59. The number of halogens is 1. The van der Waals surface area contributed by atoms with Crippen molar-refractivity contribution >= 4 is 28.6 Å². The smallest absolute Gasteiger partial charge is 0.410 e. The largest absolute Gasteiger partial charge is 0.444 e. The molecule has 9 heteroatoms. The van der Waals surface area contributed by atoms with Crippen molar-refractivity contribution in [2.45, 2.75) is 64.6 Å². The first kappa shape index (κ1) is 23.2. The van der Waals surface area contributed by atoms with Gasteiger partial charge in [0.25, 0.3) is 0 Å². The quantitative estimate of drug-likeness (QED) is 0.460. The molecule has 0 radical (unpaired) electrons. The molecule has 0 aliphatic carbocycles. The van der Waals surface area contributed by atoms with Crippen LogP contribution < -0.4 is 0 Å². The van der Waals surface area contributed by atoms with Crippen molar-refractivity contribution < 1.29 is 18.7 Å². The Labute approximate surface area is 204 Å². The molecular formula is C25H31ClN4O4. The Morgan fingerprint density at radius 3 is 2.76 bits per heavy atom. The van der Waals surface area contributed by atoms with Crippen molar-refractivity contribution in [2.75, 3.05) is 19.8 Å². The van der Waals surface area contributed by atoms with E-state index in [4.69, 9.17) is 25.5 Å². The van der Waals surface area contributed by atoms with Crippen LogP contribution in [0.1, 0.15) is 58.4 Å². The summed E-state index contributed by atoms with van der Waals surface area (Å²) >= 11 is 6.63. The van der Waals surface area contributed by atoms with E-state index in [1.165, 1.54) is 0 Å². The van der Waals surface area contributed by atoms with Gasteiger partial charge in [0.05, 0.1) is 16.1 Å². The van der Waals surface area contributed by atoms with E-state index in [1.807, 2.05) is 39.0 Å². The number of hydrogen-bond acceptors (Lipinski definition) is 6. The van der Waals surface area contributed by atoms with Gasteiger partial charge in [0.1, 0.15) is 11.6 Å². The molecule has 182 valence electrons. The summed E-state index contributed by atoms with van der Waals surface area (Å²) in [7, 11) is 0. The SMILES string of the molecule is CC(C)(C)OC(=O)N1CCC[C@H]1c1nnc(-c2cn(CC3CCOCC3)c3c(Cl)cccc23)o1. The molecule has 4 heterocycles. The first-order chi connectivity index (χ1) is 16.3. The van der Waals surface area contributed by atoms with E-state index >= 15 is 0 Å². The number of carbonyl (C=O) groups is 1. The number of ether oxygens (including phenoxy) is 2. The number of aromatic nitrogens is 3. The molecule has 2 aliphatic heterocycles. The summed E-state index contributed by atoms with van der Waals surface area (Å²) in [5.74, 6) is 1.40. The lowest BCUT2D eigenvalue weighted by Gasteiger charge is -2.27. The molecule has 1 aromatic carbocycles. The van der Waals surface area contributed by atoms with Gasteiger partial charge in [-0.05, 0) is 58.4 Å². The number of hydrogen-bond donors (Lipinski definition) is 0. The predicted octanol–water partition coefficient (Wildman–Crippen LogP) is 5.84. The molecule has 2 saturated heterocycles. The molecule has 5 rings (SSSR count). The Bertz CT molecular complexity index is 1180. The molecule has 0 unspecified atom stereocenters. The Hall–Kier alpha value is -2.58. The lowest BCUT2D eigenvalue weighted by molar-refractivity contribution is 0.0204. The number of likely N-dealkylation sites (tertiary alicyclic amines) is 1.